The van der Waals surface area contributed by atoms with Crippen LogP contribution < -0.4 is 0 Å². The van der Waals surface area contributed by atoms with Crippen molar-refractivity contribution < 1.29 is 14.3 Å². The Morgan fingerprint density at radius 1 is 1.33 bits per heavy atom. The van der Waals surface area contributed by atoms with Crippen LogP contribution in [0, 0.1) is 5.92 Å². The lowest BCUT2D eigenvalue weighted by atomic mass is 9.90. The van der Waals surface area contributed by atoms with Gasteiger partial charge in [0, 0.05) is 38.7 Å². The minimum atomic E-state index is -0.429. The molecule has 2 fully saturated rings. The Balaban J connectivity index is 1.65. The van der Waals surface area contributed by atoms with Crippen LogP contribution in [-0.2, 0) is 16.0 Å². The van der Waals surface area contributed by atoms with Gasteiger partial charge in [0.05, 0.1) is 13.2 Å². The molecule has 0 unspecified atom stereocenters. The third kappa shape index (κ3) is 3.79. The van der Waals surface area contributed by atoms with E-state index in [-0.39, 0.29) is 5.91 Å². The molecule has 0 bridgehead atoms. The molecule has 1 amide bonds. The lowest BCUT2D eigenvalue weighted by Gasteiger charge is -2.40. The predicted molar refractivity (Wildman–Crippen MR) is 92.8 cm³/mol. The van der Waals surface area contributed by atoms with Crippen LogP contribution in [0.3, 0.4) is 0 Å². The average molecular weight is 332 g/mol. The first-order valence-corrected chi connectivity index (χ1v) is 8.79. The van der Waals surface area contributed by atoms with Gasteiger partial charge in [0.2, 0.25) is 0 Å². The highest BCUT2D eigenvalue weighted by atomic mass is 16.7. The topological polar surface area (TPSA) is 42.0 Å². The number of carbonyl (C=O) groups excluding carboxylic acids is 1. The number of hydrogen-bond acceptors (Lipinski definition) is 4. The molecule has 0 radical (unpaired) electrons. The van der Waals surface area contributed by atoms with E-state index >= 15 is 0 Å². The van der Waals surface area contributed by atoms with E-state index in [1.165, 1.54) is 5.56 Å². The zero-order valence-electron chi connectivity index (χ0n) is 15.0. The van der Waals surface area contributed by atoms with Gasteiger partial charge >= 0.3 is 0 Å². The van der Waals surface area contributed by atoms with Gasteiger partial charge < -0.3 is 14.4 Å². The van der Waals surface area contributed by atoms with E-state index in [0.29, 0.717) is 19.1 Å². The van der Waals surface area contributed by atoms with Crippen molar-refractivity contribution in [3.63, 3.8) is 0 Å². The van der Waals surface area contributed by atoms with Crippen molar-refractivity contribution in [2.75, 3.05) is 40.4 Å². The first kappa shape index (κ1) is 17.4. The van der Waals surface area contributed by atoms with Crippen LogP contribution in [0.5, 0.6) is 0 Å². The fourth-order valence-electron chi connectivity index (χ4n) is 3.71. The summed E-state index contributed by atoms with van der Waals surface area (Å²) in [7, 11) is 3.57. The monoisotopic (exact) mass is 332 g/mol. The highest BCUT2D eigenvalue weighted by molar-refractivity contribution is 5.94. The van der Waals surface area contributed by atoms with Gasteiger partial charge in [-0.15, -0.1) is 0 Å². The first-order chi connectivity index (χ1) is 11.5. The maximum absolute atomic E-state index is 12.1. The molecule has 0 saturated carbocycles. The maximum atomic E-state index is 12.1. The quantitative estimate of drug-likeness (QED) is 0.849. The predicted octanol–water partition coefficient (Wildman–Crippen LogP) is 2.36. The Morgan fingerprint density at radius 3 is 2.79 bits per heavy atom. The normalized spacial score (nSPS) is 24.0. The van der Waals surface area contributed by atoms with Gasteiger partial charge in [-0.3, -0.25) is 9.69 Å². The number of benzene rings is 1. The van der Waals surface area contributed by atoms with Crippen molar-refractivity contribution in [3.8, 4) is 0 Å². The second-order valence-corrected chi connectivity index (χ2v) is 7.19. The van der Waals surface area contributed by atoms with Crippen molar-refractivity contribution in [3.05, 3.63) is 35.4 Å². The number of likely N-dealkylation sites (tertiary alicyclic amines) is 1. The molecule has 2 aliphatic rings. The van der Waals surface area contributed by atoms with E-state index in [1.54, 1.807) is 19.0 Å². The Morgan fingerprint density at radius 2 is 2.08 bits per heavy atom. The van der Waals surface area contributed by atoms with Gasteiger partial charge in [0.1, 0.15) is 0 Å². The summed E-state index contributed by atoms with van der Waals surface area (Å²) in [6.45, 7) is 6.38. The molecule has 132 valence electrons. The van der Waals surface area contributed by atoms with Gasteiger partial charge in [-0.25, -0.2) is 0 Å². The van der Waals surface area contributed by atoms with Crippen LogP contribution in [0.4, 0.5) is 0 Å². The summed E-state index contributed by atoms with van der Waals surface area (Å²) < 4.78 is 11.7. The van der Waals surface area contributed by atoms with Crippen molar-refractivity contribution in [2.45, 2.75) is 32.1 Å². The molecular formula is C19H28N2O3. The number of rotatable bonds is 4. The largest absolute Gasteiger partial charge is 0.347 e. The maximum Gasteiger partial charge on any atom is 0.253 e. The zero-order chi connectivity index (χ0) is 17.2. The molecule has 2 heterocycles. The van der Waals surface area contributed by atoms with E-state index in [9.17, 15) is 4.79 Å². The van der Waals surface area contributed by atoms with E-state index in [4.69, 9.17) is 9.47 Å². The van der Waals surface area contributed by atoms with Crippen LogP contribution in [0.25, 0.3) is 0 Å². The molecule has 1 aromatic carbocycles. The van der Waals surface area contributed by atoms with Crippen LogP contribution in [0.2, 0.25) is 0 Å². The molecule has 5 heteroatoms. The number of hydrogen-bond donors (Lipinski definition) is 0. The molecule has 2 saturated heterocycles. The summed E-state index contributed by atoms with van der Waals surface area (Å²) in [6.07, 6.45) is 2.30. The molecule has 0 N–H and O–H groups in total. The summed E-state index contributed by atoms with van der Waals surface area (Å²) in [5.74, 6) is 0.0236. The Bertz CT molecular complexity index is 582. The Hall–Kier alpha value is -1.43. The minimum absolute atomic E-state index is 0.0497. The van der Waals surface area contributed by atoms with E-state index < -0.39 is 5.79 Å². The highest BCUT2D eigenvalue weighted by Gasteiger charge is 2.41. The summed E-state index contributed by atoms with van der Waals surface area (Å²) in [5.41, 5.74) is 1.93. The molecule has 5 nitrogen and oxygen atoms in total. The second-order valence-electron chi connectivity index (χ2n) is 7.19. The minimum Gasteiger partial charge on any atom is -0.347 e. The van der Waals surface area contributed by atoms with Gasteiger partial charge in [-0.2, -0.15) is 0 Å². The van der Waals surface area contributed by atoms with Gasteiger partial charge in [-0.1, -0.05) is 12.1 Å². The van der Waals surface area contributed by atoms with Crippen molar-refractivity contribution in [2.24, 2.45) is 5.92 Å². The van der Waals surface area contributed by atoms with Crippen molar-refractivity contribution in [1.82, 2.24) is 9.80 Å². The van der Waals surface area contributed by atoms with Crippen molar-refractivity contribution >= 4 is 5.91 Å². The van der Waals surface area contributed by atoms with Crippen LogP contribution in [0.1, 0.15) is 35.7 Å². The van der Waals surface area contributed by atoms with Gasteiger partial charge in [-0.05, 0) is 44.0 Å². The van der Waals surface area contributed by atoms with Crippen LogP contribution in [0.15, 0.2) is 24.3 Å². The first-order valence-electron chi connectivity index (χ1n) is 8.79. The molecule has 1 aromatic rings. The third-order valence-electron chi connectivity index (χ3n) is 5.09. The fourth-order valence-corrected chi connectivity index (χ4v) is 3.71. The lowest BCUT2D eigenvalue weighted by Crippen LogP contribution is -2.46. The average Bonchev–Trinajstić information content (AvgIpc) is 3.03. The lowest BCUT2D eigenvalue weighted by molar-refractivity contribution is -0.192. The third-order valence-corrected chi connectivity index (χ3v) is 5.09. The molecule has 2 aliphatic heterocycles. The van der Waals surface area contributed by atoms with Crippen LogP contribution in [-0.4, -0.2) is 61.9 Å². The molecular weight excluding hydrogens is 304 g/mol. The summed E-state index contributed by atoms with van der Waals surface area (Å²) in [5, 5.41) is 0. The van der Waals surface area contributed by atoms with E-state index in [1.807, 2.05) is 18.2 Å². The summed E-state index contributed by atoms with van der Waals surface area (Å²) in [4.78, 5) is 16.2. The van der Waals surface area contributed by atoms with Crippen LogP contribution >= 0.6 is 0 Å². The number of ether oxygens (including phenoxy) is 2. The standard InChI is InChI=1S/C19H28N2O3/c1-19(23-10-11-24-19)17-8-5-9-21(14-17)13-15-6-4-7-16(12-15)18(22)20(2)3/h4,6-7,12,17H,5,8-11,13-14H2,1-3H3/t17-/m0/s1. The molecule has 0 aromatic heterocycles. The molecule has 1 atom stereocenters. The Kier molecular flexibility index (Phi) is 5.23. The van der Waals surface area contributed by atoms with Gasteiger partial charge in [0.25, 0.3) is 5.91 Å². The zero-order valence-corrected chi connectivity index (χ0v) is 15.0. The SMILES string of the molecule is CN(C)C(=O)c1cccc(CN2CCC[C@H](C3(C)OCCO3)C2)c1. The number of piperidine rings is 1. The Labute approximate surface area is 144 Å². The number of carbonyl (C=O) groups is 1. The number of amides is 1. The summed E-state index contributed by atoms with van der Waals surface area (Å²) >= 11 is 0. The second kappa shape index (κ2) is 7.21. The van der Waals surface area contributed by atoms with Crippen molar-refractivity contribution in [1.29, 1.82) is 0 Å². The molecule has 24 heavy (non-hydrogen) atoms. The van der Waals surface area contributed by atoms with E-state index in [2.05, 4.69) is 17.9 Å². The molecule has 0 aliphatic carbocycles. The van der Waals surface area contributed by atoms with E-state index in [0.717, 1.165) is 38.0 Å². The highest BCUT2D eigenvalue weighted by Crippen LogP contribution is 2.34. The smallest absolute Gasteiger partial charge is 0.253 e. The number of nitrogens with zero attached hydrogens (tertiary/aromatic N) is 2. The summed E-state index contributed by atoms with van der Waals surface area (Å²) in [6, 6.07) is 7.96. The molecule has 0 spiro atoms. The fraction of sp³-hybridized carbons (Fsp3) is 0.632. The molecule has 3 rings (SSSR count). The van der Waals surface area contributed by atoms with Gasteiger partial charge in [0.15, 0.2) is 5.79 Å².